The number of hydrogen-bond acceptors (Lipinski definition) is 4. The number of amides is 3. The van der Waals surface area contributed by atoms with Crippen molar-refractivity contribution in [2.75, 3.05) is 18.4 Å². The third-order valence-electron chi connectivity index (χ3n) is 5.74. The second-order valence-corrected chi connectivity index (χ2v) is 8.04. The molecule has 4 rings (SSSR count). The lowest BCUT2D eigenvalue weighted by Crippen LogP contribution is -2.43. The summed E-state index contributed by atoms with van der Waals surface area (Å²) in [5.41, 5.74) is 1.29. The molecule has 1 aliphatic rings. The van der Waals surface area contributed by atoms with Crippen LogP contribution in [0.25, 0.3) is 0 Å². The van der Waals surface area contributed by atoms with Crippen LogP contribution in [0.5, 0.6) is 0 Å². The van der Waals surface area contributed by atoms with Gasteiger partial charge in [-0.15, -0.1) is 0 Å². The highest BCUT2D eigenvalue weighted by Crippen LogP contribution is 2.21. The molecule has 1 saturated heterocycles. The Bertz CT molecular complexity index is 1170. The zero-order valence-corrected chi connectivity index (χ0v) is 18.2. The van der Waals surface area contributed by atoms with Gasteiger partial charge in [-0.3, -0.25) is 14.4 Å². The van der Waals surface area contributed by atoms with Crippen molar-refractivity contribution in [2.45, 2.75) is 19.4 Å². The number of furan rings is 1. The zero-order chi connectivity index (χ0) is 24.1. The topological polar surface area (TPSA) is 91.7 Å². The number of piperidine rings is 1. The minimum absolute atomic E-state index is 0.115. The van der Waals surface area contributed by atoms with Crippen molar-refractivity contribution < 1.29 is 27.6 Å². The molecule has 0 atom stereocenters. The molecule has 3 aromatic rings. The molecule has 0 bridgehead atoms. The van der Waals surface area contributed by atoms with Crippen LogP contribution in [0, 0.1) is 17.6 Å². The fourth-order valence-electron chi connectivity index (χ4n) is 3.82. The van der Waals surface area contributed by atoms with E-state index in [0.29, 0.717) is 44.2 Å². The number of anilines is 1. The van der Waals surface area contributed by atoms with Crippen LogP contribution in [-0.2, 0) is 11.3 Å². The van der Waals surface area contributed by atoms with Gasteiger partial charge in [0.05, 0.1) is 11.8 Å². The summed E-state index contributed by atoms with van der Waals surface area (Å²) in [6.07, 6.45) is 2.34. The summed E-state index contributed by atoms with van der Waals surface area (Å²) in [6.45, 7) is 0.959. The fraction of sp³-hybridized carbons (Fsp3) is 0.240. The second-order valence-electron chi connectivity index (χ2n) is 8.04. The minimum atomic E-state index is -0.892. The van der Waals surface area contributed by atoms with E-state index in [9.17, 15) is 23.2 Å². The molecule has 1 fully saturated rings. The number of nitrogens with zero attached hydrogens (tertiary/aromatic N) is 1. The van der Waals surface area contributed by atoms with Crippen LogP contribution in [0.4, 0.5) is 14.5 Å². The zero-order valence-electron chi connectivity index (χ0n) is 18.2. The Morgan fingerprint density at radius 3 is 2.38 bits per heavy atom. The van der Waals surface area contributed by atoms with Crippen molar-refractivity contribution in [3.8, 4) is 0 Å². The summed E-state index contributed by atoms with van der Waals surface area (Å²) in [4.78, 5) is 38.6. The van der Waals surface area contributed by atoms with Crippen LogP contribution in [-0.4, -0.2) is 35.7 Å². The predicted molar refractivity (Wildman–Crippen MR) is 120 cm³/mol. The molecule has 1 aromatic heterocycles. The molecule has 3 amide bonds. The van der Waals surface area contributed by atoms with E-state index in [4.69, 9.17) is 4.42 Å². The molecule has 2 N–H and O–H groups in total. The summed E-state index contributed by atoms with van der Waals surface area (Å²) in [5, 5.41) is 5.62. The number of hydrogen-bond donors (Lipinski definition) is 2. The van der Waals surface area contributed by atoms with Gasteiger partial charge in [-0.05, 0) is 54.8 Å². The highest BCUT2D eigenvalue weighted by molar-refractivity contribution is 6.02. The van der Waals surface area contributed by atoms with Gasteiger partial charge in [-0.2, -0.15) is 0 Å². The van der Waals surface area contributed by atoms with Crippen molar-refractivity contribution in [1.29, 1.82) is 0 Å². The highest BCUT2D eigenvalue weighted by atomic mass is 19.1. The van der Waals surface area contributed by atoms with Crippen LogP contribution in [0.1, 0.15) is 39.3 Å². The minimum Gasteiger partial charge on any atom is -0.459 e. The molecular weight excluding hydrogens is 444 g/mol. The Morgan fingerprint density at radius 1 is 1.00 bits per heavy atom. The van der Waals surface area contributed by atoms with Gasteiger partial charge < -0.3 is 20.0 Å². The maximum atomic E-state index is 13.9. The number of nitrogens with one attached hydrogen (secondary N) is 2. The van der Waals surface area contributed by atoms with E-state index in [-0.39, 0.29) is 29.1 Å². The second kappa shape index (κ2) is 10.3. The van der Waals surface area contributed by atoms with E-state index in [1.807, 2.05) is 0 Å². The number of rotatable bonds is 6. The Kier molecular flexibility index (Phi) is 7.01. The first-order valence-corrected chi connectivity index (χ1v) is 10.9. The van der Waals surface area contributed by atoms with Crippen LogP contribution in [0.3, 0.4) is 0 Å². The lowest BCUT2D eigenvalue weighted by Gasteiger charge is -2.31. The average Bonchev–Trinajstić information content (AvgIpc) is 3.38. The van der Waals surface area contributed by atoms with E-state index >= 15 is 0 Å². The summed E-state index contributed by atoms with van der Waals surface area (Å²) < 4.78 is 32.0. The van der Waals surface area contributed by atoms with E-state index < -0.39 is 17.5 Å². The normalized spacial score (nSPS) is 14.0. The van der Waals surface area contributed by atoms with Gasteiger partial charge in [0.15, 0.2) is 5.76 Å². The average molecular weight is 467 g/mol. The molecule has 0 aliphatic carbocycles. The van der Waals surface area contributed by atoms with E-state index in [0.717, 1.165) is 17.7 Å². The maximum absolute atomic E-state index is 13.9. The Labute approximate surface area is 194 Å². The standard InChI is InChI=1S/C25H23F2N3O4/c26-18-5-8-20(21(27)14-18)25(33)30-11-9-17(10-12-30)23(31)28-15-16-3-6-19(7-4-16)29-24(32)22-2-1-13-34-22/h1-8,13-14,17H,9-12,15H2,(H,28,31)(H,29,32). The van der Waals surface area contributed by atoms with Gasteiger partial charge in [0, 0.05) is 37.3 Å². The van der Waals surface area contributed by atoms with E-state index in [1.165, 1.54) is 11.2 Å². The summed E-state index contributed by atoms with van der Waals surface area (Å²) in [6, 6.07) is 13.2. The van der Waals surface area contributed by atoms with Gasteiger partial charge >= 0.3 is 0 Å². The molecule has 34 heavy (non-hydrogen) atoms. The molecular formula is C25H23F2N3O4. The number of carbonyl (C=O) groups excluding carboxylic acids is 3. The third-order valence-corrected chi connectivity index (χ3v) is 5.74. The largest absolute Gasteiger partial charge is 0.459 e. The lowest BCUT2D eigenvalue weighted by molar-refractivity contribution is -0.126. The Morgan fingerprint density at radius 2 is 1.74 bits per heavy atom. The fourth-order valence-corrected chi connectivity index (χ4v) is 3.82. The molecule has 1 aliphatic heterocycles. The molecule has 0 saturated carbocycles. The van der Waals surface area contributed by atoms with Gasteiger partial charge in [-0.25, -0.2) is 8.78 Å². The molecule has 0 unspecified atom stereocenters. The maximum Gasteiger partial charge on any atom is 0.291 e. The van der Waals surface area contributed by atoms with E-state index in [1.54, 1.807) is 36.4 Å². The van der Waals surface area contributed by atoms with Crippen molar-refractivity contribution in [3.63, 3.8) is 0 Å². The van der Waals surface area contributed by atoms with Crippen LogP contribution in [0.2, 0.25) is 0 Å². The predicted octanol–water partition coefficient (Wildman–Crippen LogP) is 3.98. The molecule has 7 nitrogen and oxygen atoms in total. The Balaban J connectivity index is 1.23. The van der Waals surface area contributed by atoms with Crippen LogP contribution >= 0.6 is 0 Å². The first-order chi connectivity index (χ1) is 16.4. The van der Waals surface area contributed by atoms with Gasteiger partial charge in [-0.1, -0.05) is 12.1 Å². The molecule has 176 valence electrons. The lowest BCUT2D eigenvalue weighted by atomic mass is 9.95. The number of benzene rings is 2. The van der Waals surface area contributed by atoms with Crippen LogP contribution < -0.4 is 10.6 Å². The number of halogens is 2. The molecule has 0 spiro atoms. The summed E-state index contributed by atoms with van der Waals surface area (Å²) in [7, 11) is 0. The number of likely N-dealkylation sites (tertiary alicyclic amines) is 1. The number of carbonyl (C=O) groups is 3. The quantitative estimate of drug-likeness (QED) is 0.574. The molecule has 9 heteroatoms. The van der Waals surface area contributed by atoms with Gasteiger partial charge in [0.2, 0.25) is 5.91 Å². The summed E-state index contributed by atoms with van der Waals surface area (Å²) >= 11 is 0. The van der Waals surface area contributed by atoms with Crippen LogP contribution in [0.15, 0.2) is 65.3 Å². The van der Waals surface area contributed by atoms with Gasteiger partial charge in [0.1, 0.15) is 11.6 Å². The van der Waals surface area contributed by atoms with Crippen molar-refractivity contribution in [2.24, 2.45) is 5.92 Å². The molecule has 2 aromatic carbocycles. The molecule has 2 heterocycles. The first kappa shape index (κ1) is 23.2. The van der Waals surface area contributed by atoms with Crippen molar-refractivity contribution in [1.82, 2.24) is 10.2 Å². The third kappa shape index (κ3) is 5.48. The van der Waals surface area contributed by atoms with Crippen molar-refractivity contribution in [3.05, 3.63) is 89.4 Å². The summed E-state index contributed by atoms with van der Waals surface area (Å²) in [5.74, 6) is -2.64. The Hall–Kier alpha value is -4.01. The molecule has 0 radical (unpaired) electrons. The smallest absolute Gasteiger partial charge is 0.291 e. The SMILES string of the molecule is O=C(Nc1ccc(CNC(=O)C2CCN(C(=O)c3ccc(F)cc3F)CC2)cc1)c1ccco1. The van der Waals surface area contributed by atoms with Gasteiger partial charge in [0.25, 0.3) is 11.8 Å². The highest BCUT2D eigenvalue weighted by Gasteiger charge is 2.28. The monoisotopic (exact) mass is 467 g/mol. The van der Waals surface area contributed by atoms with Crippen molar-refractivity contribution >= 4 is 23.4 Å². The van der Waals surface area contributed by atoms with E-state index in [2.05, 4.69) is 10.6 Å². The first-order valence-electron chi connectivity index (χ1n) is 10.9.